The van der Waals surface area contributed by atoms with Crippen LogP contribution in [0.15, 0.2) is 70.3 Å². The van der Waals surface area contributed by atoms with Gasteiger partial charge in [0, 0.05) is 29.1 Å². The summed E-state index contributed by atoms with van der Waals surface area (Å²) in [4.78, 5) is 9.68. The fourth-order valence-corrected chi connectivity index (χ4v) is 4.04. The first kappa shape index (κ1) is 17.6. The standard InChI is InChI=1S/C20H17N3O2S2/c1-27(24,25)16-8-6-14(7-9-16)12-21-20-17-4-2-3-5-18(17)22-19(23-20)15-10-11-26-13-15/h2-11,13H,12H2,1H3,(H,21,22,23). The lowest BCUT2D eigenvalue weighted by molar-refractivity contribution is 0.602. The minimum absolute atomic E-state index is 0.318. The molecule has 0 amide bonds. The van der Waals surface area contributed by atoms with Gasteiger partial charge in [0.25, 0.3) is 0 Å². The van der Waals surface area contributed by atoms with Gasteiger partial charge in [-0.05, 0) is 41.3 Å². The van der Waals surface area contributed by atoms with Crippen molar-refractivity contribution in [1.82, 2.24) is 9.97 Å². The number of para-hydroxylation sites is 1. The first-order valence-electron chi connectivity index (χ1n) is 8.33. The average molecular weight is 396 g/mol. The molecular formula is C20H17N3O2S2. The lowest BCUT2D eigenvalue weighted by Gasteiger charge is -2.11. The molecule has 1 N–H and O–H groups in total. The molecule has 5 nitrogen and oxygen atoms in total. The van der Waals surface area contributed by atoms with Crippen molar-refractivity contribution >= 4 is 37.9 Å². The Morgan fingerprint density at radius 1 is 1.00 bits per heavy atom. The molecule has 0 aliphatic rings. The molecule has 2 heterocycles. The van der Waals surface area contributed by atoms with Crippen molar-refractivity contribution in [2.24, 2.45) is 0 Å². The number of benzene rings is 2. The zero-order chi connectivity index (χ0) is 18.9. The molecule has 2 aromatic heterocycles. The molecule has 0 fully saturated rings. The number of anilines is 1. The van der Waals surface area contributed by atoms with Crippen LogP contribution in [0.5, 0.6) is 0 Å². The van der Waals surface area contributed by atoms with Crippen molar-refractivity contribution in [1.29, 1.82) is 0 Å². The van der Waals surface area contributed by atoms with E-state index in [0.717, 1.165) is 27.8 Å². The zero-order valence-electron chi connectivity index (χ0n) is 14.6. The maximum absolute atomic E-state index is 11.6. The summed E-state index contributed by atoms with van der Waals surface area (Å²) in [6, 6.07) is 16.8. The van der Waals surface area contributed by atoms with Crippen LogP contribution < -0.4 is 5.32 Å². The van der Waals surface area contributed by atoms with Gasteiger partial charge in [-0.2, -0.15) is 11.3 Å². The molecule has 4 aromatic rings. The summed E-state index contributed by atoms with van der Waals surface area (Å²) in [5, 5.41) is 8.35. The monoisotopic (exact) mass is 395 g/mol. The van der Waals surface area contributed by atoms with Crippen molar-refractivity contribution in [3.05, 3.63) is 70.9 Å². The number of hydrogen-bond donors (Lipinski definition) is 1. The second kappa shape index (κ2) is 7.09. The SMILES string of the molecule is CS(=O)(=O)c1ccc(CNc2nc(-c3ccsc3)nc3ccccc23)cc1. The van der Waals surface area contributed by atoms with Crippen LogP contribution in [-0.2, 0) is 16.4 Å². The van der Waals surface area contributed by atoms with Crippen molar-refractivity contribution in [2.75, 3.05) is 11.6 Å². The first-order chi connectivity index (χ1) is 13.0. The van der Waals surface area contributed by atoms with Gasteiger partial charge in [0.15, 0.2) is 15.7 Å². The Balaban J connectivity index is 1.65. The van der Waals surface area contributed by atoms with Crippen LogP contribution >= 0.6 is 11.3 Å². The van der Waals surface area contributed by atoms with Crippen molar-refractivity contribution in [2.45, 2.75) is 11.4 Å². The third kappa shape index (κ3) is 3.84. The van der Waals surface area contributed by atoms with Crippen LogP contribution in [0.25, 0.3) is 22.3 Å². The minimum atomic E-state index is -3.19. The molecule has 0 spiro atoms. The van der Waals surface area contributed by atoms with Gasteiger partial charge in [-0.15, -0.1) is 0 Å². The maximum Gasteiger partial charge on any atom is 0.175 e. The van der Waals surface area contributed by atoms with Crippen LogP contribution in [0.2, 0.25) is 0 Å². The summed E-state index contributed by atoms with van der Waals surface area (Å²) in [5.41, 5.74) is 2.84. The molecule has 4 rings (SSSR count). The van der Waals surface area contributed by atoms with E-state index < -0.39 is 9.84 Å². The smallest absolute Gasteiger partial charge is 0.175 e. The summed E-state index contributed by atoms with van der Waals surface area (Å²) >= 11 is 1.61. The molecule has 0 saturated carbocycles. The molecular weight excluding hydrogens is 378 g/mol. The summed E-state index contributed by atoms with van der Waals surface area (Å²) in [5.74, 6) is 1.44. The molecule has 0 bridgehead atoms. The number of hydrogen-bond acceptors (Lipinski definition) is 6. The highest BCUT2D eigenvalue weighted by Gasteiger charge is 2.10. The van der Waals surface area contributed by atoms with Gasteiger partial charge in [0.2, 0.25) is 0 Å². The van der Waals surface area contributed by atoms with E-state index in [2.05, 4.69) is 10.3 Å². The largest absolute Gasteiger partial charge is 0.365 e. The highest BCUT2D eigenvalue weighted by atomic mass is 32.2. The Labute approximate surface area is 161 Å². The molecule has 0 atom stereocenters. The molecule has 7 heteroatoms. The van der Waals surface area contributed by atoms with Gasteiger partial charge in [0.05, 0.1) is 10.4 Å². The highest BCUT2D eigenvalue weighted by molar-refractivity contribution is 7.90. The zero-order valence-corrected chi connectivity index (χ0v) is 16.2. The fourth-order valence-electron chi connectivity index (χ4n) is 2.77. The van der Waals surface area contributed by atoms with Crippen molar-refractivity contribution in [3.63, 3.8) is 0 Å². The molecule has 136 valence electrons. The molecule has 0 aliphatic heterocycles. The number of rotatable bonds is 5. The van der Waals surface area contributed by atoms with Crippen LogP contribution in [0.1, 0.15) is 5.56 Å². The van der Waals surface area contributed by atoms with Gasteiger partial charge < -0.3 is 5.32 Å². The van der Waals surface area contributed by atoms with E-state index in [1.807, 2.05) is 53.2 Å². The third-order valence-electron chi connectivity index (χ3n) is 4.19. The summed E-state index contributed by atoms with van der Waals surface area (Å²) in [6.45, 7) is 0.536. The Morgan fingerprint density at radius 2 is 1.78 bits per heavy atom. The molecule has 2 aromatic carbocycles. The lowest BCUT2D eigenvalue weighted by atomic mass is 10.2. The van der Waals surface area contributed by atoms with E-state index in [9.17, 15) is 8.42 Å². The normalized spacial score (nSPS) is 11.6. The minimum Gasteiger partial charge on any atom is -0.365 e. The second-order valence-electron chi connectivity index (χ2n) is 6.19. The van der Waals surface area contributed by atoms with E-state index in [-0.39, 0.29) is 0 Å². The molecule has 0 saturated heterocycles. The summed E-state index contributed by atoms with van der Waals surface area (Å²) in [6.07, 6.45) is 1.21. The van der Waals surface area contributed by atoms with Gasteiger partial charge in [0.1, 0.15) is 5.82 Å². The number of fused-ring (bicyclic) bond motifs is 1. The van der Waals surface area contributed by atoms with E-state index in [1.54, 1.807) is 23.5 Å². The topological polar surface area (TPSA) is 72.0 Å². The van der Waals surface area contributed by atoms with Gasteiger partial charge >= 0.3 is 0 Å². The highest BCUT2D eigenvalue weighted by Crippen LogP contribution is 2.26. The van der Waals surface area contributed by atoms with E-state index in [0.29, 0.717) is 17.3 Å². The Hall–Kier alpha value is -2.77. The maximum atomic E-state index is 11.6. The Bertz CT molecular complexity index is 1190. The van der Waals surface area contributed by atoms with Crippen LogP contribution in [-0.4, -0.2) is 24.6 Å². The first-order valence-corrected chi connectivity index (χ1v) is 11.2. The summed E-state index contributed by atoms with van der Waals surface area (Å²) < 4.78 is 23.2. The van der Waals surface area contributed by atoms with Crippen LogP contribution in [0.4, 0.5) is 5.82 Å². The van der Waals surface area contributed by atoms with E-state index in [1.165, 1.54) is 6.26 Å². The second-order valence-corrected chi connectivity index (χ2v) is 8.99. The summed E-state index contributed by atoms with van der Waals surface area (Å²) in [7, 11) is -3.19. The Morgan fingerprint density at radius 3 is 2.48 bits per heavy atom. The quantitative estimate of drug-likeness (QED) is 0.543. The predicted molar refractivity (Wildman–Crippen MR) is 110 cm³/mol. The van der Waals surface area contributed by atoms with Crippen molar-refractivity contribution < 1.29 is 8.42 Å². The van der Waals surface area contributed by atoms with E-state index in [4.69, 9.17) is 4.98 Å². The number of nitrogens with zero attached hydrogens (tertiary/aromatic N) is 2. The molecule has 0 radical (unpaired) electrons. The fraction of sp³-hybridized carbons (Fsp3) is 0.100. The average Bonchev–Trinajstić information content (AvgIpc) is 3.20. The predicted octanol–water partition coefficient (Wildman–Crippen LogP) is 4.37. The number of sulfone groups is 1. The van der Waals surface area contributed by atoms with Crippen molar-refractivity contribution in [3.8, 4) is 11.4 Å². The van der Waals surface area contributed by atoms with E-state index >= 15 is 0 Å². The molecule has 0 unspecified atom stereocenters. The number of aromatic nitrogens is 2. The number of nitrogens with one attached hydrogen (secondary N) is 1. The number of thiophene rings is 1. The van der Waals surface area contributed by atoms with Crippen LogP contribution in [0, 0.1) is 0 Å². The molecule has 0 aliphatic carbocycles. The van der Waals surface area contributed by atoms with Gasteiger partial charge in [-0.1, -0.05) is 24.3 Å². The van der Waals surface area contributed by atoms with Gasteiger partial charge in [-0.25, -0.2) is 18.4 Å². The third-order valence-corrected chi connectivity index (χ3v) is 6.01. The molecule has 27 heavy (non-hydrogen) atoms. The lowest BCUT2D eigenvalue weighted by Crippen LogP contribution is -2.04. The van der Waals surface area contributed by atoms with Gasteiger partial charge in [-0.3, -0.25) is 0 Å². The Kier molecular flexibility index (Phi) is 4.63. The van der Waals surface area contributed by atoms with Crippen LogP contribution in [0.3, 0.4) is 0 Å².